The zero-order valence-electron chi connectivity index (χ0n) is 17.3. The summed E-state index contributed by atoms with van der Waals surface area (Å²) in [5, 5.41) is 0.862. The van der Waals surface area contributed by atoms with E-state index in [-0.39, 0.29) is 12.2 Å². The number of pyridine rings is 2. The van der Waals surface area contributed by atoms with Crippen LogP contribution in [0.4, 0.5) is 0 Å². The van der Waals surface area contributed by atoms with Gasteiger partial charge in [0, 0.05) is 34.7 Å². The van der Waals surface area contributed by atoms with Gasteiger partial charge in [0.05, 0.1) is 16.8 Å². The lowest BCUT2D eigenvalue weighted by Crippen LogP contribution is -2.15. The number of aromatic amines is 1. The molecule has 0 saturated heterocycles. The van der Waals surface area contributed by atoms with Crippen LogP contribution >= 0.6 is 11.8 Å². The van der Waals surface area contributed by atoms with Crippen molar-refractivity contribution < 1.29 is 4.74 Å². The number of ether oxygens (including phenoxy) is 1. The molecule has 0 radical (unpaired) electrons. The molecule has 3 aromatic rings. The van der Waals surface area contributed by atoms with Crippen LogP contribution in [0.25, 0.3) is 26.9 Å². The maximum Gasteiger partial charge on any atom is 0.260 e. The summed E-state index contributed by atoms with van der Waals surface area (Å²) in [4.78, 5) is 25.6. The van der Waals surface area contributed by atoms with Gasteiger partial charge in [-0.15, -0.1) is 11.8 Å². The first-order valence-corrected chi connectivity index (χ1v) is 11.4. The number of allylic oxidation sites excluding steroid dienone is 5. The fourth-order valence-corrected chi connectivity index (χ4v) is 4.58. The lowest BCUT2D eigenvalue weighted by Gasteiger charge is -2.17. The number of hydrogen-bond donors (Lipinski definition) is 1. The fourth-order valence-electron chi connectivity index (χ4n) is 3.69. The Kier molecular flexibility index (Phi) is 5.85. The quantitative estimate of drug-likeness (QED) is 0.568. The van der Waals surface area contributed by atoms with Crippen molar-refractivity contribution in [2.24, 2.45) is 4.99 Å². The van der Waals surface area contributed by atoms with Gasteiger partial charge in [-0.3, -0.25) is 14.8 Å². The van der Waals surface area contributed by atoms with Crippen LogP contribution in [0, 0.1) is 0 Å². The highest BCUT2D eigenvalue weighted by Gasteiger charge is 2.20. The SMILES string of the molecule is O=c1[nH]c2ccc(-c3ccncc3)cc2c(OCC2=CCC=CC=N2)c1C1=CC=CCS1. The third kappa shape index (κ3) is 4.22. The smallest absolute Gasteiger partial charge is 0.260 e. The van der Waals surface area contributed by atoms with Crippen LogP contribution in [0.5, 0.6) is 5.75 Å². The van der Waals surface area contributed by atoms with E-state index >= 15 is 0 Å². The molecule has 0 amide bonds. The Morgan fingerprint density at radius 2 is 1.97 bits per heavy atom. The average Bonchev–Trinajstić information content (AvgIpc) is 3.12. The molecule has 6 heteroatoms. The van der Waals surface area contributed by atoms with E-state index in [0.717, 1.165) is 44.8 Å². The molecular weight excluding hydrogens is 418 g/mol. The first-order valence-electron chi connectivity index (χ1n) is 10.4. The van der Waals surface area contributed by atoms with Crippen molar-refractivity contribution in [1.29, 1.82) is 0 Å². The molecule has 5 rings (SSSR count). The molecule has 4 heterocycles. The van der Waals surface area contributed by atoms with Crippen LogP contribution in [0.2, 0.25) is 0 Å². The number of fused-ring (bicyclic) bond motifs is 1. The summed E-state index contributed by atoms with van der Waals surface area (Å²) in [6.07, 6.45) is 18.2. The van der Waals surface area contributed by atoms with Gasteiger partial charge in [0.25, 0.3) is 5.56 Å². The van der Waals surface area contributed by atoms with E-state index < -0.39 is 0 Å². The van der Waals surface area contributed by atoms with E-state index in [1.165, 1.54) is 0 Å². The predicted octanol–water partition coefficient (Wildman–Crippen LogP) is 5.53. The Morgan fingerprint density at radius 1 is 1.06 bits per heavy atom. The topological polar surface area (TPSA) is 67.3 Å². The van der Waals surface area contributed by atoms with E-state index in [9.17, 15) is 4.79 Å². The van der Waals surface area contributed by atoms with Crippen molar-refractivity contribution in [3.63, 3.8) is 0 Å². The number of benzene rings is 1. The van der Waals surface area contributed by atoms with Crippen LogP contribution in [0.15, 0.2) is 94.7 Å². The van der Waals surface area contributed by atoms with Crippen molar-refractivity contribution >= 4 is 33.8 Å². The van der Waals surface area contributed by atoms with Crippen LogP contribution < -0.4 is 10.3 Å². The van der Waals surface area contributed by atoms with Crippen LogP contribution in [-0.4, -0.2) is 28.5 Å². The summed E-state index contributed by atoms with van der Waals surface area (Å²) in [5.74, 6) is 1.41. The van der Waals surface area contributed by atoms with E-state index in [0.29, 0.717) is 11.3 Å². The molecule has 32 heavy (non-hydrogen) atoms. The number of thioether (sulfide) groups is 1. The normalized spacial score (nSPS) is 15.4. The van der Waals surface area contributed by atoms with Crippen LogP contribution in [-0.2, 0) is 0 Å². The van der Waals surface area contributed by atoms with Crippen molar-refractivity contribution in [3.8, 4) is 16.9 Å². The van der Waals surface area contributed by atoms with Gasteiger partial charge in [-0.05, 0) is 54.0 Å². The fraction of sp³-hybridized carbons (Fsp3) is 0.115. The van der Waals surface area contributed by atoms with Gasteiger partial charge < -0.3 is 9.72 Å². The Balaban J connectivity index is 1.66. The van der Waals surface area contributed by atoms with E-state index in [1.807, 2.05) is 54.6 Å². The van der Waals surface area contributed by atoms with Crippen molar-refractivity contribution in [3.05, 3.63) is 101 Å². The second-order valence-corrected chi connectivity index (χ2v) is 8.41. The van der Waals surface area contributed by atoms with Crippen molar-refractivity contribution in [1.82, 2.24) is 9.97 Å². The van der Waals surface area contributed by atoms with Gasteiger partial charge >= 0.3 is 0 Å². The van der Waals surface area contributed by atoms with E-state index in [1.54, 1.807) is 30.4 Å². The number of nitrogens with one attached hydrogen (secondary N) is 1. The summed E-state index contributed by atoms with van der Waals surface area (Å²) in [5.41, 5.74) is 4.07. The summed E-state index contributed by atoms with van der Waals surface area (Å²) in [6, 6.07) is 9.93. The summed E-state index contributed by atoms with van der Waals surface area (Å²) >= 11 is 1.63. The molecule has 158 valence electrons. The number of rotatable bonds is 5. The molecule has 0 bridgehead atoms. The Morgan fingerprint density at radius 3 is 2.81 bits per heavy atom. The van der Waals surface area contributed by atoms with E-state index in [4.69, 9.17) is 4.74 Å². The van der Waals surface area contributed by atoms with Gasteiger partial charge in [0.2, 0.25) is 0 Å². The lowest BCUT2D eigenvalue weighted by molar-refractivity contribution is 0.353. The molecule has 1 aromatic carbocycles. The molecule has 0 atom stereocenters. The molecule has 0 saturated carbocycles. The van der Waals surface area contributed by atoms with Crippen LogP contribution in [0.3, 0.4) is 0 Å². The number of aliphatic imine (C=N–C) groups is 1. The van der Waals surface area contributed by atoms with Crippen molar-refractivity contribution in [2.75, 3.05) is 12.4 Å². The first kappa shape index (κ1) is 20.3. The maximum absolute atomic E-state index is 13.1. The second kappa shape index (κ2) is 9.24. The maximum atomic E-state index is 13.1. The highest BCUT2D eigenvalue weighted by atomic mass is 32.2. The minimum Gasteiger partial charge on any atom is -0.486 e. The molecule has 2 aromatic heterocycles. The minimum atomic E-state index is -0.154. The molecule has 1 N–H and O–H groups in total. The third-order valence-electron chi connectivity index (χ3n) is 5.26. The number of hydrogen-bond acceptors (Lipinski definition) is 5. The molecule has 2 aliphatic heterocycles. The van der Waals surface area contributed by atoms with Crippen molar-refractivity contribution in [2.45, 2.75) is 6.42 Å². The minimum absolute atomic E-state index is 0.154. The highest BCUT2D eigenvalue weighted by Crippen LogP contribution is 2.38. The zero-order chi connectivity index (χ0) is 21.8. The van der Waals surface area contributed by atoms with Gasteiger partial charge in [0.1, 0.15) is 12.4 Å². The third-order valence-corrected chi connectivity index (χ3v) is 6.27. The number of nitrogens with zero attached hydrogens (tertiary/aromatic N) is 2. The Labute approximate surface area is 190 Å². The largest absolute Gasteiger partial charge is 0.486 e. The zero-order valence-corrected chi connectivity index (χ0v) is 18.1. The van der Waals surface area contributed by atoms with E-state index in [2.05, 4.69) is 27.1 Å². The molecule has 0 spiro atoms. The molecule has 0 unspecified atom stereocenters. The Hall–Kier alpha value is -3.64. The molecule has 5 nitrogen and oxygen atoms in total. The number of H-pyrrole nitrogens is 1. The summed E-state index contributed by atoms with van der Waals surface area (Å²) in [6.45, 7) is 0.289. The summed E-state index contributed by atoms with van der Waals surface area (Å²) < 4.78 is 6.35. The predicted molar refractivity (Wildman–Crippen MR) is 133 cm³/mol. The van der Waals surface area contributed by atoms with Gasteiger partial charge in [0.15, 0.2) is 0 Å². The monoisotopic (exact) mass is 439 g/mol. The number of aromatic nitrogens is 2. The molecule has 0 aliphatic carbocycles. The van der Waals surface area contributed by atoms with Gasteiger partial charge in [-0.25, -0.2) is 0 Å². The van der Waals surface area contributed by atoms with Crippen LogP contribution in [0.1, 0.15) is 12.0 Å². The Bertz CT molecular complexity index is 1370. The molecule has 2 aliphatic rings. The molecule has 0 fully saturated rings. The lowest BCUT2D eigenvalue weighted by atomic mass is 10.0. The van der Waals surface area contributed by atoms with Gasteiger partial charge in [-0.1, -0.05) is 30.4 Å². The standard InChI is InChI=1S/C26H21N3O2S/c30-26-24(23-7-3-5-15-32-23)25(31-17-20-6-2-1-4-12-28-20)21-16-19(8-9-22(21)29-26)18-10-13-27-14-11-18/h1,3-14,16H,2,15,17H2,(H,29,30). The highest BCUT2D eigenvalue weighted by molar-refractivity contribution is 8.08. The second-order valence-electron chi connectivity index (χ2n) is 7.35. The van der Waals surface area contributed by atoms with Gasteiger partial charge in [-0.2, -0.15) is 0 Å². The average molecular weight is 440 g/mol. The summed E-state index contributed by atoms with van der Waals surface area (Å²) in [7, 11) is 0. The molecular formula is C26H21N3O2S. The first-order chi connectivity index (χ1) is 15.8.